The number of nitro benzene ring substituents is 1. The third kappa shape index (κ3) is 3.20. The number of nitro groups is 1. The van der Waals surface area contributed by atoms with Crippen LogP contribution in [0.25, 0.3) is 6.08 Å². The van der Waals surface area contributed by atoms with E-state index in [9.17, 15) is 10.1 Å². The second-order valence-electron chi connectivity index (χ2n) is 4.27. The van der Waals surface area contributed by atoms with E-state index in [4.69, 9.17) is 9.47 Å². The molecule has 0 heterocycles. The number of rotatable bonds is 6. The van der Waals surface area contributed by atoms with Crippen molar-refractivity contribution < 1.29 is 14.4 Å². The van der Waals surface area contributed by atoms with E-state index in [1.54, 1.807) is 12.1 Å². The van der Waals surface area contributed by atoms with Gasteiger partial charge in [-0.05, 0) is 17.7 Å². The average molecular weight is 285 g/mol. The van der Waals surface area contributed by atoms with Crippen LogP contribution in [-0.4, -0.2) is 12.0 Å². The number of hydrogen-bond acceptors (Lipinski definition) is 4. The number of benzene rings is 2. The molecule has 0 saturated carbocycles. The van der Waals surface area contributed by atoms with E-state index in [2.05, 4.69) is 6.58 Å². The molecule has 0 N–H and O–H groups in total. The Kier molecular flexibility index (Phi) is 4.56. The molecule has 0 bridgehead atoms. The molecule has 21 heavy (non-hydrogen) atoms. The lowest BCUT2D eigenvalue weighted by Gasteiger charge is -2.12. The SMILES string of the molecule is C=Cc1ccc(OC)c(OCc2ccccc2)c1[N+](=O)[O-]. The maximum absolute atomic E-state index is 11.3. The summed E-state index contributed by atoms with van der Waals surface area (Å²) in [5.41, 5.74) is 1.17. The van der Waals surface area contributed by atoms with Gasteiger partial charge in [0.1, 0.15) is 6.61 Å². The van der Waals surface area contributed by atoms with Gasteiger partial charge in [0.2, 0.25) is 5.75 Å². The van der Waals surface area contributed by atoms with Gasteiger partial charge in [0, 0.05) is 0 Å². The van der Waals surface area contributed by atoms with Crippen molar-refractivity contribution in [3.8, 4) is 11.5 Å². The van der Waals surface area contributed by atoms with Gasteiger partial charge in [-0.2, -0.15) is 0 Å². The van der Waals surface area contributed by atoms with Gasteiger partial charge in [0.25, 0.3) is 0 Å². The molecule has 0 amide bonds. The summed E-state index contributed by atoms with van der Waals surface area (Å²) < 4.78 is 10.8. The van der Waals surface area contributed by atoms with Gasteiger partial charge in [-0.15, -0.1) is 0 Å². The summed E-state index contributed by atoms with van der Waals surface area (Å²) in [6.07, 6.45) is 1.42. The van der Waals surface area contributed by atoms with Crippen molar-refractivity contribution in [1.29, 1.82) is 0 Å². The van der Waals surface area contributed by atoms with Gasteiger partial charge in [0.15, 0.2) is 5.75 Å². The predicted octanol–water partition coefficient (Wildman–Crippen LogP) is 3.83. The second kappa shape index (κ2) is 6.56. The lowest BCUT2D eigenvalue weighted by molar-refractivity contribution is -0.386. The highest BCUT2D eigenvalue weighted by molar-refractivity contribution is 5.69. The molecule has 5 nitrogen and oxygen atoms in total. The number of ether oxygens (including phenoxy) is 2. The molecule has 0 aliphatic carbocycles. The fraction of sp³-hybridized carbons (Fsp3) is 0.125. The van der Waals surface area contributed by atoms with Gasteiger partial charge in [-0.25, -0.2) is 0 Å². The van der Waals surface area contributed by atoms with Crippen molar-refractivity contribution in [1.82, 2.24) is 0 Å². The zero-order valence-electron chi connectivity index (χ0n) is 11.6. The van der Waals surface area contributed by atoms with Crippen LogP contribution in [0, 0.1) is 10.1 Å². The molecule has 0 spiro atoms. The van der Waals surface area contributed by atoms with Gasteiger partial charge >= 0.3 is 5.69 Å². The molecular weight excluding hydrogens is 270 g/mol. The minimum atomic E-state index is -0.486. The summed E-state index contributed by atoms with van der Waals surface area (Å²) in [7, 11) is 1.45. The van der Waals surface area contributed by atoms with Crippen LogP contribution in [0.1, 0.15) is 11.1 Å². The van der Waals surface area contributed by atoms with E-state index in [0.717, 1.165) is 5.56 Å². The van der Waals surface area contributed by atoms with Gasteiger partial charge in [0.05, 0.1) is 17.6 Å². The van der Waals surface area contributed by atoms with Gasteiger partial charge in [-0.1, -0.05) is 43.0 Å². The largest absolute Gasteiger partial charge is 0.493 e. The fourth-order valence-corrected chi connectivity index (χ4v) is 1.95. The Labute approximate surface area is 122 Å². The van der Waals surface area contributed by atoms with Crippen LogP contribution in [0.3, 0.4) is 0 Å². The first-order chi connectivity index (χ1) is 10.2. The molecule has 2 aromatic rings. The highest BCUT2D eigenvalue weighted by Crippen LogP contribution is 2.40. The van der Waals surface area contributed by atoms with Crippen LogP contribution in [0.5, 0.6) is 11.5 Å². The van der Waals surface area contributed by atoms with E-state index < -0.39 is 4.92 Å². The van der Waals surface area contributed by atoms with E-state index in [-0.39, 0.29) is 18.0 Å². The summed E-state index contributed by atoms with van der Waals surface area (Å²) in [5, 5.41) is 11.3. The van der Waals surface area contributed by atoms with Crippen molar-refractivity contribution >= 4 is 11.8 Å². The van der Waals surface area contributed by atoms with E-state index in [1.807, 2.05) is 30.3 Å². The molecule has 0 aliphatic heterocycles. The lowest BCUT2D eigenvalue weighted by atomic mass is 10.1. The Morgan fingerprint density at radius 2 is 1.95 bits per heavy atom. The Balaban J connectivity index is 2.40. The normalized spacial score (nSPS) is 9.95. The minimum Gasteiger partial charge on any atom is -0.493 e. The molecule has 0 aromatic heterocycles. The van der Waals surface area contributed by atoms with Crippen molar-refractivity contribution in [3.63, 3.8) is 0 Å². The fourth-order valence-electron chi connectivity index (χ4n) is 1.95. The first-order valence-electron chi connectivity index (χ1n) is 6.32. The Hall–Kier alpha value is -2.82. The van der Waals surface area contributed by atoms with E-state index >= 15 is 0 Å². The molecular formula is C16H15NO4. The van der Waals surface area contributed by atoms with Crippen LogP contribution in [-0.2, 0) is 6.61 Å². The number of methoxy groups -OCH3 is 1. The molecule has 2 rings (SSSR count). The van der Waals surface area contributed by atoms with Crippen molar-refractivity contribution in [3.05, 3.63) is 70.3 Å². The molecule has 108 valence electrons. The number of hydrogen-bond donors (Lipinski definition) is 0. The van der Waals surface area contributed by atoms with Crippen LogP contribution in [0.15, 0.2) is 49.0 Å². The van der Waals surface area contributed by atoms with Crippen LogP contribution < -0.4 is 9.47 Å². The predicted molar refractivity (Wildman–Crippen MR) is 80.5 cm³/mol. The molecule has 5 heteroatoms. The molecule has 0 unspecified atom stereocenters. The molecule has 2 aromatic carbocycles. The molecule has 0 saturated heterocycles. The maximum atomic E-state index is 11.3. The second-order valence-corrected chi connectivity index (χ2v) is 4.27. The zero-order chi connectivity index (χ0) is 15.2. The third-order valence-corrected chi connectivity index (χ3v) is 2.97. The van der Waals surface area contributed by atoms with Crippen molar-refractivity contribution in [2.75, 3.05) is 7.11 Å². The maximum Gasteiger partial charge on any atom is 0.322 e. The van der Waals surface area contributed by atoms with Crippen LogP contribution in [0.2, 0.25) is 0 Å². The van der Waals surface area contributed by atoms with Gasteiger partial charge in [-0.3, -0.25) is 10.1 Å². The summed E-state index contributed by atoms with van der Waals surface area (Å²) in [6, 6.07) is 12.6. The van der Waals surface area contributed by atoms with Crippen LogP contribution >= 0.6 is 0 Å². The highest BCUT2D eigenvalue weighted by Gasteiger charge is 2.24. The monoisotopic (exact) mass is 285 g/mol. The smallest absolute Gasteiger partial charge is 0.322 e. The Bertz CT molecular complexity index is 653. The molecule has 0 aliphatic rings. The topological polar surface area (TPSA) is 61.6 Å². The quantitative estimate of drug-likeness (QED) is 0.598. The minimum absolute atomic E-state index is 0.115. The van der Waals surface area contributed by atoms with Gasteiger partial charge < -0.3 is 9.47 Å². The third-order valence-electron chi connectivity index (χ3n) is 2.97. The first-order valence-corrected chi connectivity index (χ1v) is 6.32. The number of nitrogens with zero attached hydrogens (tertiary/aromatic N) is 1. The summed E-state index contributed by atoms with van der Waals surface area (Å²) in [6.45, 7) is 3.81. The van der Waals surface area contributed by atoms with Crippen LogP contribution in [0.4, 0.5) is 5.69 Å². The van der Waals surface area contributed by atoms with E-state index in [0.29, 0.717) is 11.3 Å². The molecule has 0 fully saturated rings. The summed E-state index contributed by atoms with van der Waals surface area (Å²) >= 11 is 0. The highest BCUT2D eigenvalue weighted by atomic mass is 16.6. The molecule has 0 radical (unpaired) electrons. The Morgan fingerprint density at radius 3 is 2.52 bits per heavy atom. The van der Waals surface area contributed by atoms with Crippen molar-refractivity contribution in [2.24, 2.45) is 0 Å². The van der Waals surface area contributed by atoms with E-state index in [1.165, 1.54) is 13.2 Å². The Morgan fingerprint density at radius 1 is 1.24 bits per heavy atom. The zero-order valence-corrected chi connectivity index (χ0v) is 11.6. The summed E-state index contributed by atoms with van der Waals surface area (Å²) in [4.78, 5) is 10.8. The molecule has 0 atom stereocenters. The van der Waals surface area contributed by atoms with Crippen molar-refractivity contribution in [2.45, 2.75) is 6.61 Å². The summed E-state index contributed by atoms with van der Waals surface area (Å²) in [5.74, 6) is 0.437. The average Bonchev–Trinajstić information content (AvgIpc) is 2.52. The first kappa shape index (κ1) is 14.6. The standard InChI is InChI=1S/C16H15NO4/c1-3-13-9-10-14(20-2)16(15(13)17(18)19)21-11-12-7-5-4-6-8-12/h3-10H,1,11H2,2H3. The lowest BCUT2D eigenvalue weighted by Crippen LogP contribution is -2.02.